The maximum Gasteiger partial charge on any atom is 0.130 e. The second-order valence-corrected chi connectivity index (χ2v) is 5.74. The molecule has 1 N–H and O–H groups in total. The van der Waals surface area contributed by atoms with Gasteiger partial charge in [-0.1, -0.05) is 17.7 Å². The molecule has 112 valence electrons. The number of rotatable bonds is 7. The van der Waals surface area contributed by atoms with Gasteiger partial charge in [0.1, 0.15) is 12.4 Å². The van der Waals surface area contributed by atoms with Crippen molar-refractivity contribution in [1.29, 1.82) is 0 Å². The summed E-state index contributed by atoms with van der Waals surface area (Å²) >= 11 is 6.31. The molecule has 1 aliphatic carbocycles. The van der Waals surface area contributed by atoms with Gasteiger partial charge in [-0.25, -0.2) is 4.98 Å². The molecule has 4 nitrogen and oxygen atoms in total. The molecule has 3 rings (SSSR count). The van der Waals surface area contributed by atoms with E-state index in [4.69, 9.17) is 16.3 Å². The second-order valence-electron chi connectivity index (χ2n) is 5.33. The highest BCUT2D eigenvalue weighted by molar-refractivity contribution is 6.31. The monoisotopic (exact) mass is 305 g/mol. The summed E-state index contributed by atoms with van der Waals surface area (Å²) in [6.07, 6.45) is 6.19. The van der Waals surface area contributed by atoms with Crippen LogP contribution in [0.15, 0.2) is 30.7 Å². The summed E-state index contributed by atoms with van der Waals surface area (Å²) in [6.45, 7) is 4.25. The molecule has 1 heterocycles. The lowest BCUT2D eigenvalue weighted by Gasteiger charge is -2.14. The Labute approximate surface area is 130 Å². The molecule has 0 atom stereocenters. The van der Waals surface area contributed by atoms with Crippen LogP contribution in [0.2, 0.25) is 5.02 Å². The fourth-order valence-corrected chi connectivity index (χ4v) is 2.52. The lowest BCUT2D eigenvalue weighted by Crippen LogP contribution is -2.16. The van der Waals surface area contributed by atoms with Crippen molar-refractivity contribution in [2.45, 2.75) is 45.5 Å². The van der Waals surface area contributed by atoms with E-state index in [2.05, 4.69) is 21.8 Å². The van der Waals surface area contributed by atoms with Crippen LogP contribution in [0.25, 0.3) is 0 Å². The molecular weight excluding hydrogens is 286 g/mol. The van der Waals surface area contributed by atoms with E-state index >= 15 is 0 Å². The summed E-state index contributed by atoms with van der Waals surface area (Å²) in [5.41, 5.74) is 2.10. The first kappa shape index (κ1) is 14.4. The molecular formula is C16H20ClN3O. The van der Waals surface area contributed by atoms with E-state index in [1.165, 1.54) is 12.8 Å². The number of aryl methyl sites for hydroxylation is 1. The highest BCUT2D eigenvalue weighted by Crippen LogP contribution is 2.28. The Morgan fingerprint density at radius 3 is 3.05 bits per heavy atom. The van der Waals surface area contributed by atoms with Crippen LogP contribution in [0.5, 0.6) is 5.75 Å². The van der Waals surface area contributed by atoms with E-state index in [1.807, 2.05) is 30.7 Å². The van der Waals surface area contributed by atoms with Crippen LogP contribution >= 0.6 is 11.6 Å². The van der Waals surface area contributed by atoms with E-state index in [-0.39, 0.29) is 0 Å². The van der Waals surface area contributed by atoms with Crippen molar-refractivity contribution in [3.8, 4) is 5.75 Å². The highest BCUT2D eigenvalue weighted by Gasteiger charge is 2.21. The molecule has 1 aliphatic rings. The van der Waals surface area contributed by atoms with Crippen molar-refractivity contribution in [2.24, 2.45) is 0 Å². The smallest absolute Gasteiger partial charge is 0.130 e. The summed E-state index contributed by atoms with van der Waals surface area (Å²) in [5, 5.41) is 4.24. The lowest BCUT2D eigenvalue weighted by atomic mass is 10.2. The summed E-state index contributed by atoms with van der Waals surface area (Å²) in [7, 11) is 0. The topological polar surface area (TPSA) is 39.1 Å². The Morgan fingerprint density at radius 1 is 1.43 bits per heavy atom. The minimum atomic E-state index is 0.505. The first-order valence-corrected chi connectivity index (χ1v) is 7.78. The molecule has 2 aromatic rings. The van der Waals surface area contributed by atoms with Gasteiger partial charge in [-0.3, -0.25) is 0 Å². The summed E-state index contributed by atoms with van der Waals surface area (Å²) < 4.78 is 8.05. The Hall–Kier alpha value is -1.52. The zero-order valence-corrected chi connectivity index (χ0v) is 12.9. The van der Waals surface area contributed by atoms with Gasteiger partial charge < -0.3 is 14.6 Å². The number of imidazole rings is 1. The molecule has 0 unspecified atom stereocenters. The van der Waals surface area contributed by atoms with Crippen LogP contribution in [0, 0.1) is 0 Å². The molecule has 0 saturated heterocycles. The van der Waals surface area contributed by atoms with Gasteiger partial charge in [0.25, 0.3) is 0 Å². The average molecular weight is 306 g/mol. The van der Waals surface area contributed by atoms with E-state index in [1.54, 1.807) is 0 Å². The van der Waals surface area contributed by atoms with E-state index in [0.29, 0.717) is 12.6 Å². The minimum Gasteiger partial charge on any atom is -0.487 e. The summed E-state index contributed by atoms with van der Waals surface area (Å²) in [5.74, 6) is 0.847. The Morgan fingerprint density at radius 2 is 2.29 bits per heavy atom. The molecule has 5 heteroatoms. The van der Waals surface area contributed by atoms with Gasteiger partial charge in [-0.15, -0.1) is 0 Å². The number of hydrogen-bond donors (Lipinski definition) is 1. The van der Waals surface area contributed by atoms with Crippen LogP contribution < -0.4 is 10.1 Å². The number of ether oxygens (including phenoxy) is 1. The zero-order valence-electron chi connectivity index (χ0n) is 12.2. The SMILES string of the molecule is CCn1cncc1COc1cccc(Cl)c1CNC1CC1. The van der Waals surface area contributed by atoms with Gasteiger partial charge >= 0.3 is 0 Å². The van der Waals surface area contributed by atoms with Crippen LogP contribution in [-0.4, -0.2) is 15.6 Å². The average Bonchev–Trinajstić information content (AvgIpc) is 3.20. The van der Waals surface area contributed by atoms with E-state index in [0.717, 1.165) is 35.1 Å². The van der Waals surface area contributed by atoms with Gasteiger partial charge in [0.15, 0.2) is 0 Å². The third-order valence-electron chi connectivity index (χ3n) is 3.74. The normalized spacial score (nSPS) is 14.4. The van der Waals surface area contributed by atoms with Crippen LogP contribution in [0.1, 0.15) is 31.0 Å². The molecule has 0 bridgehead atoms. The van der Waals surface area contributed by atoms with Crippen molar-refractivity contribution in [1.82, 2.24) is 14.9 Å². The molecule has 1 aromatic heterocycles. The van der Waals surface area contributed by atoms with Crippen molar-refractivity contribution in [3.05, 3.63) is 47.0 Å². The molecule has 1 fully saturated rings. The second kappa shape index (κ2) is 6.50. The number of halogens is 1. The van der Waals surface area contributed by atoms with Crippen LogP contribution in [-0.2, 0) is 19.7 Å². The standard InChI is InChI=1S/C16H20ClN3O/c1-2-20-11-18-8-13(20)10-21-16-5-3-4-15(17)14(16)9-19-12-6-7-12/h3-5,8,11-12,19H,2,6-7,9-10H2,1H3. The number of benzene rings is 1. The molecule has 0 radical (unpaired) electrons. The fraction of sp³-hybridized carbons (Fsp3) is 0.438. The molecule has 21 heavy (non-hydrogen) atoms. The van der Waals surface area contributed by atoms with E-state index < -0.39 is 0 Å². The number of nitrogens with one attached hydrogen (secondary N) is 1. The number of nitrogens with zero attached hydrogens (tertiary/aromatic N) is 2. The fourth-order valence-electron chi connectivity index (χ4n) is 2.28. The quantitative estimate of drug-likeness (QED) is 0.852. The van der Waals surface area contributed by atoms with Crippen molar-refractivity contribution in [3.63, 3.8) is 0 Å². The van der Waals surface area contributed by atoms with Crippen molar-refractivity contribution in [2.75, 3.05) is 0 Å². The van der Waals surface area contributed by atoms with Crippen molar-refractivity contribution < 1.29 is 4.74 Å². The third-order valence-corrected chi connectivity index (χ3v) is 4.09. The number of aromatic nitrogens is 2. The molecule has 0 aliphatic heterocycles. The zero-order chi connectivity index (χ0) is 14.7. The minimum absolute atomic E-state index is 0.505. The first-order chi connectivity index (χ1) is 10.3. The van der Waals surface area contributed by atoms with E-state index in [9.17, 15) is 0 Å². The summed E-state index contributed by atoms with van der Waals surface area (Å²) in [4.78, 5) is 4.16. The van der Waals surface area contributed by atoms with Gasteiger partial charge in [-0.05, 0) is 31.9 Å². The molecule has 0 amide bonds. The Bertz CT molecular complexity index is 607. The first-order valence-electron chi connectivity index (χ1n) is 7.40. The Kier molecular flexibility index (Phi) is 4.46. The van der Waals surface area contributed by atoms with Crippen LogP contribution in [0.3, 0.4) is 0 Å². The maximum absolute atomic E-state index is 6.31. The number of hydrogen-bond acceptors (Lipinski definition) is 3. The van der Waals surface area contributed by atoms with Gasteiger partial charge in [0, 0.05) is 29.7 Å². The largest absolute Gasteiger partial charge is 0.487 e. The molecule has 1 saturated carbocycles. The maximum atomic E-state index is 6.31. The Balaban J connectivity index is 1.70. The summed E-state index contributed by atoms with van der Waals surface area (Å²) in [6, 6.07) is 6.46. The van der Waals surface area contributed by atoms with Gasteiger partial charge in [0.2, 0.25) is 0 Å². The van der Waals surface area contributed by atoms with Crippen molar-refractivity contribution >= 4 is 11.6 Å². The predicted molar refractivity (Wildman–Crippen MR) is 83.5 cm³/mol. The van der Waals surface area contributed by atoms with Gasteiger partial charge in [0.05, 0.1) is 18.2 Å². The lowest BCUT2D eigenvalue weighted by molar-refractivity contribution is 0.291. The predicted octanol–water partition coefficient (Wildman–Crippen LogP) is 3.39. The third kappa shape index (κ3) is 3.57. The van der Waals surface area contributed by atoms with Gasteiger partial charge in [-0.2, -0.15) is 0 Å². The molecule has 0 spiro atoms. The van der Waals surface area contributed by atoms with Crippen LogP contribution in [0.4, 0.5) is 0 Å². The highest BCUT2D eigenvalue weighted by atomic mass is 35.5. The molecule has 1 aromatic carbocycles.